The maximum Gasteiger partial charge on any atom is 0.418 e. The van der Waals surface area contributed by atoms with Crippen LogP contribution in [0.5, 0.6) is 0 Å². The summed E-state index contributed by atoms with van der Waals surface area (Å²) in [6.07, 6.45) is -8.85. The van der Waals surface area contributed by atoms with Crippen molar-refractivity contribution < 1.29 is 30.9 Å². The minimum atomic E-state index is -4.74. The first kappa shape index (κ1) is 24.3. The average molecular weight is 492 g/mol. The predicted molar refractivity (Wildman–Crippen MR) is 114 cm³/mol. The molecule has 2 heterocycles. The lowest BCUT2D eigenvalue weighted by Gasteiger charge is -2.12. The Labute approximate surface area is 195 Å². The minimum absolute atomic E-state index is 0.0661. The number of hydrogen-bond acceptors (Lipinski definition) is 4. The zero-order valence-electron chi connectivity index (χ0n) is 18.5. The van der Waals surface area contributed by atoms with Crippen molar-refractivity contribution in [3.63, 3.8) is 0 Å². The lowest BCUT2D eigenvalue weighted by Crippen LogP contribution is -2.10. The van der Waals surface area contributed by atoms with Crippen LogP contribution in [0.3, 0.4) is 0 Å². The van der Waals surface area contributed by atoms with Crippen molar-refractivity contribution in [3.05, 3.63) is 70.7 Å². The molecule has 0 fully saturated rings. The van der Waals surface area contributed by atoms with Gasteiger partial charge in [0.05, 0.1) is 29.3 Å². The molecule has 0 aliphatic rings. The second kappa shape index (κ2) is 8.76. The second-order valence-corrected chi connectivity index (χ2v) is 8.44. The monoisotopic (exact) mass is 492 g/mol. The summed E-state index contributed by atoms with van der Waals surface area (Å²) in [5.41, 5.74) is -1.50. The molecule has 0 amide bonds. The van der Waals surface area contributed by atoms with Gasteiger partial charge in [0.25, 0.3) is 5.89 Å². The lowest BCUT2D eigenvalue weighted by molar-refractivity contribution is -0.138. The molecule has 0 aliphatic carbocycles. The summed E-state index contributed by atoms with van der Waals surface area (Å²) in [7, 11) is 0. The molecule has 0 N–H and O–H groups in total. The van der Waals surface area contributed by atoms with E-state index in [4.69, 9.17) is 4.52 Å². The molecule has 0 radical (unpaired) electrons. The summed E-state index contributed by atoms with van der Waals surface area (Å²) in [5, 5.41) is 12.9. The third kappa shape index (κ3) is 4.87. The van der Waals surface area contributed by atoms with Crippen molar-refractivity contribution in [2.45, 2.75) is 39.2 Å². The van der Waals surface area contributed by atoms with Crippen LogP contribution in [0, 0.1) is 17.2 Å². The van der Waals surface area contributed by atoms with Crippen molar-refractivity contribution >= 4 is 10.9 Å². The molecule has 0 saturated heterocycles. The Hall–Kier alpha value is -3.81. The van der Waals surface area contributed by atoms with E-state index in [9.17, 15) is 31.6 Å². The number of nitriles is 1. The molecule has 182 valence electrons. The van der Waals surface area contributed by atoms with Crippen molar-refractivity contribution in [1.29, 1.82) is 5.26 Å². The van der Waals surface area contributed by atoms with E-state index in [1.165, 1.54) is 24.3 Å². The summed E-state index contributed by atoms with van der Waals surface area (Å²) in [4.78, 5) is 4.17. The molecular weight excluding hydrogens is 474 g/mol. The molecule has 35 heavy (non-hydrogen) atoms. The zero-order chi connectivity index (χ0) is 25.5. The number of halogens is 6. The predicted octanol–water partition coefficient (Wildman–Crippen LogP) is 6.85. The van der Waals surface area contributed by atoms with Gasteiger partial charge in [0.15, 0.2) is 5.82 Å². The molecule has 4 rings (SSSR count). The number of rotatable bonds is 5. The van der Waals surface area contributed by atoms with Crippen molar-refractivity contribution in [2.24, 2.45) is 5.92 Å². The molecule has 0 bridgehead atoms. The topological polar surface area (TPSA) is 67.6 Å². The normalized spacial score (nSPS) is 12.5. The van der Waals surface area contributed by atoms with Crippen LogP contribution in [0.25, 0.3) is 22.4 Å². The Morgan fingerprint density at radius 2 is 1.77 bits per heavy atom. The molecule has 4 aromatic rings. The van der Waals surface area contributed by atoms with Crippen molar-refractivity contribution in [1.82, 2.24) is 14.7 Å². The number of hydrogen-bond donors (Lipinski definition) is 0. The van der Waals surface area contributed by atoms with Gasteiger partial charge in [-0.3, -0.25) is 0 Å². The molecule has 0 saturated carbocycles. The van der Waals surface area contributed by atoms with Gasteiger partial charge in [0.2, 0.25) is 0 Å². The summed E-state index contributed by atoms with van der Waals surface area (Å²) in [5.74, 6) is 0.0438. The molecule has 11 heteroatoms. The van der Waals surface area contributed by atoms with Gasteiger partial charge in [0.1, 0.15) is 0 Å². The van der Waals surface area contributed by atoms with E-state index >= 15 is 0 Å². The molecular formula is C24H18F6N4O. The van der Waals surface area contributed by atoms with Crippen molar-refractivity contribution in [2.75, 3.05) is 0 Å². The number of benzene rings is 2. The van der Waals surface area contributed by atoms with Gasteiger partial charge >= 0.3 is 12.4 Å². The quantitative estimate of drug-likeness (QED) is 0.286. The third-order valence-corrected chi connectivity index (χ3v) is 5.40. The van der Waals surface area contributed by atoms with E-state index < -0.39 is 29.0 Å². The van der Waals surface area contributed by atoms with E-state index in [2.05, 4.69) is 10.1 Å². The summed E-state index contributed by atoms with van der Waals surface area (Å²) >= 11 is 0. The molecule has 2 aromatic heterocycles. The minimum Gasteiger partial charge on any atom is -0.337 e. The molecule has 5 nitrogen and oxygen atoms in total. The van der Waals surface area contributed by atoms with Gasteiger partial charge in [0, 0.05) is 22.2 Å². The van der Waals surface area contributed by atoms with Crippen LogP contribution in [0.15, 0.2) is 47.0 Å². The standard InChI is InChI=1S/C24H18F6N4O/c1-13(2)8-17-10-18-19(7-6-15(11-31)21(18)24(28,29)30)34(17)12-20-32-22(35-33-20)14-4-3-5-16(9-14)23(25,26)27/h3-7,9-10,13H,8,12H2,1-2H3. The number of alkyl halides is 6. The number of fused-ring (bicyclic) bond motifs is 1. The first-order valence-electron chi connectivity index (χ1n) is 10.5. The first-order valence-corrected chi connectivity index (χ1v) is 10.5. The first-order chi connectivity index (χ1) is 16.4. The highest BCUT2D eigenvalue weighted by molar-refractivity contribution is 5.87. The van der Waals surface area contributed by atoms with Crippen LogP contribution < -0.4 is 0 Å². The third-order valence-electron chi connectivity index (χ3n) is 5.40. The molecule has 2 aromatic carbocycles. The molecule has 0 atom stereocenters. The highest BCUT2D eigenvalue weighted by Gasteiger charge is 2.37. The van der Waals surface area contributed by atoms with Gasteiger partial charge in [-0.2, -0.15) is 36.6 Å². The SMILES string of the molecule is CC(C)Cc1cc2c(C(F)(F)F)c(C#N)ccc2n1Cc1noc(-c2cccc(C(F)(F)F)c2)n1. The van der Waals surface area contributed by atoms with Crippen LogP contribution in [0.2, 0.25) is 0 Å². The Kier molecular flexibility index (Phi) is 6.09. The van der Waals surface area contributed by atoms with Gasteiger partial charge in [-0.15, -0.1) is 0 Å². The Morgan fingerprint density at radius 1 is 1.03 bits per heavy atom. The van der Waals surface area contributed by atoms with Crippen LogP contribution in [-0.4, -0.2) is 14.7 Å². The van der Waals surface area contributed by atoms with E-state index in [-0.39, 0.29) is 40.6 Å². The van der Waals surface area contributed by atoms with Crippen LogP contribution >= 0.6 is 0 Å². The summed E-state index contributed by atoms with van der Waals surface area (Å²) in [6, 6.07) is 9.96. The fourth-order valence-corrected chi connectivity index (χ4v) is 3.97. The lowest BCUT2D eigenvalue weighted by atomic mass is 10.0. The highest BCUT2D eigenvalue weighted by atomic mass is 19.4. The van der Waals surface area contributed by atoms with Gasteiger partial charge in [-0.25, -0.2) is 0 Å². The van der Waals surface area contributed by atoms with Gasteiger partial charge < -0.3 is 9.09 Å². The molecule has 0 unspecified atom stereocenters. The average Bonchev–Trinajstić information content (AvgIpc) is 3.36. The Balaban J connectivity index is 1.79. The largest absolute Gasteiger partial charge is 0.418 e. The summed E-state index contributed by atoms with van der Waals surface area (Å²) < 4.78 is 87.3. The zero-order valence-corrected chi connectivity index (χ0v) is 18.5. The fourth-order valence-electron chi connectivity index (χ4n) is 3.97. The smallest absolute Gasteiger partial charge is 0.337 e. The van der Waals surface area contributed by atoms with Gasteiger partial charge in [-0.1, -0.05) is 25.1 Å². The van der Waals surface area contributed by atoms with Crippen molar-refractivity contribution in [3.8, 4) is 17.5 Å². The van der Waals surface area contributed by atoms with Crippen LogP contribution in [-0.2, 0) is 25.3 Å². The second-order valence-electron chi connectivity index (χ2n) is 8.44. The Bertz CT molecular complexity index is 1420. The number of aromatic nitrogens is 3. The van der Waals surface area contributed by atoms with E-state index in [0.29, 0.717) is 12.1 Å². The highest BCUT2D eigenvalue weighted by Crippen LogP contribution is 2.39. The van der Waals surface area contributed by atoms with E-state index in [1.807, 2.05) is 13.8 Å². The molecule has 0 spiro atoms. The number of nitrogens with zero attached hydrogens (tertiary/aromatic N) is 4. The Morgan fingerprint density at radius 3 is 2.40 bits per heavy atom. The fraction of sp³-hybridized carbons (Fsp3) is 0.292. The van der Waals surface area contributed by atoms with Crippen LogP contribution in [0.1, 0.15) is 42.1 Å². The van der Waals surface area contributed by atoms with Gasteiger partial charge in [-0.05, 0) is 48.7 Å². The van der Waals surface area contributed by atoms with E-state index in [1.54, 1.807) is 10.6 Å². The maximum atomic E-state index is 13.8. The molecule has 0 aliphatic heterocycles. The maximum absolute atomic E-state index is 13.8. The summed E-state index contributed by atoms with van der Waals surface area (Å²) in [6.45, 7) is 3.75. The van der Waals surface area contributed by atoms with Crippen LogP contribution in [0.4, 0.5) is 26.3 Å². The van der Waals surface area contributed by atoms with E-state index in [0.717, 1.165) is 18.2 Å².